The van der Waals surface area contributed by atoms with E-state index in [4.69, 9.17) is 0 Å². The molecule has 0 aromatic heterocycles. The molecule has 1 saturated carbocycles. The summed E-state index contributed by atoms with van der Waals surface area (Å²) in [6, 6.07) is 0. The van der Waals surface area contributed by atoms with Crippen molar-refractivity contribution in [2.45, 2.75) is 64.7 Å². The second kappa shape index (κ2) is 5.99. The Labute approximate surface area is 106 Å². The third-order valence-electron chi connectivity index (χ3n) is 4.90. The van der Waals surface area contributed by atoms with Crippen LogP contribution >= 0.6 is 0 Å². The van der Waals surface area contributed by atoms with E-state index in [1.54, 1.807) is 0 Å². The van der Waals surface area contributed by atoms with E-state index in [0.717, 1.165) is 38.8 Å². The Kier molecular flexibility index (Phi) is 4.61. The molecule has 0 amide bonds. The van der Waals surface area contributed by atoms with Crippen molar-refractivity contribution in [2.75, 3.05) is 13.1 Å². The number of hydrogen-bond donors (Lipinski definition) is 1. The largest absolute Gasteiger partial charge is 0.316 e. The molecule has 1 saturated heterocycles. The van der Waals surface area contributed by atoms with Gasteiger partial charge in [-0.1, -0.05) is 32.6 Å². The van der Waals surface area contributed by atoms with E-state index in [2.05, 4.69) is 12.2 Å². The number of rotatable bonds is 3. The van der Waals surface area contributed by atoms with E-state index in [0.29, 0.717) is 11.7 Å². The standard InChI is InChI=1S/C15H27NO/c1-2-15(10-7-11-16-12-15)14(17)13-8-5-3-4-6-9-13/h13,16H,2-12H2,1H3. The minimum atomic E-state index is -0.0206. The predicted molar refractivity (Wildman–Crippen MR) is 71.0 cm³/mol. The van der Waals surface area contributed by atoms with Crippen LogP contribution < -0.4 is 5.32 Å². The molecule has 1 heterocycles. The van der Waals surface area contributed by atoms with Crippen molar-refractivity contribution >= 4 is 5.78 Å². The fourth-order valence-corrected chi connectivity index (χ4v) is 3.63. The van der Waals surface area contributed by atoms with Gasteiger partial charge in [0.1, 0.15) is 5.78 Å². The van der Waals surface area contributed by atoms with Gasteiger partial charge in [-0.3, -0.25) is 4.79 Å². The molecule has 2 nitrogen and oxygen atoms in total. The van der Waals surface area contributed by atoms with Crippen molar-refractivity contribution in [1.29, 1.82) is 0 Å². The lowest BCUT2D eigenvalue weighted by molar-refractivity contribution is -0.134. The quantitative estimate of drug-likeness (QED) is 0.763. The van der Waals surface area contributed by atoms with E-state index in [-0.39, 0.29) is 5.41 Å². The number of carbonyl (C=O) groups excluding carboxylic acids is 1. The molecule has 0 radical (unpaired) electrons. The van der Waals surface area contributed by atoms with Crippen molar-refractivity contribution in [2.24, 2.45) is 11.3 Å². The molecule has 2 rings (SSSR count). The van der Waals surface area contributed by atoms with Crippen molar-refractivity contribution in [3.8, 4) is 0 Å². The number of piperidine rings is 1. The molecule has 1 N–H and O–H groups in total. The number of Topliss-reactive ketones (excluding diaryl/α,β-unsaturated/α-hetero) is 1. The lowest BCUT2D eigenvalue weighted by Gasteiger charge is -2.38. The molecular weight excluding hydrogens is 210 g/mol. The fourth-order valence-electron chi connectivity index (χ4n) is 3.63. The van der Waals surface area contributed by atoms with Crippen LogP contribution in [0.1, 0.15) is 64.7 Å². The van der Waals surface area contributed by atoms with Crippen LogP contribution in [0.4, 0.5) is 0 Å². The lowest BCUT2D eigenvalue weighted by atomic mass is 9.69. The van der Waals surface area contributed by atoms with Crippen molar-refractivity contribution in [3.63, 3.8) is 0 Å². The summed E-state index contributed by atoms with van der Waals surface area (Å²) in [6.07, 6.45) is 10.8. The molecule has 2 aliphatic rings. The predicted octanol–water partition coefficient (Wildman–Crippen LogP) is 3.31. The number of ketones is 1. The highest BCUT2D eigenvalue weighted by atomic mass is 16.1. The topological polar surface area (TPSA) is 29.1 Å². The van der Waals surface area contributed by atoms with Crippen LogP contribution in [0.3, 0.4) is 0 Å². The third kappa shape index (κ3) is 2.90. The van der Waals surface area contributed by atoms with Gasteiger partial charge in [-0.25, -0.2) is 0 Å². The first-order valence-electron chi connectivity index (χ1n) is 7.53. The molecule has 0 spiro atoms. The van der Waals surface area contributed by atoms with Crippen LogP contribution in [0.5, 0.6) is 0 Å². The van der Waals surface area contributed by atoms with Crippen molar-refractivity contribution in [3.05, 3.63) is 0 Å². The fraction of sp³-hybridized carbons (Fsp3) is 0.933. The summed E-state index contributed by atoms with van der Waals surface area (Å²) < 4.78 is 0. The Hall–Kier alpha value is -0.370. The molecule has 1 unspecified atom stereocenters. The van der Waals surface area contributed by atoms with E-state index in [9.17, 15) is 4.79 Å². The molecule has 0 bridgehead atoms. The van der Waals surface area contributed by atoms with E-state index in [1.807, 2.05) is 0 Å². The molecular formula is C15H27NO. The Morgan fingerprint density at radius 1 is 1.18 bits per heavy atom. The summed E-state index contributed by atoms with van der Waals surface area (Å²) in [6.45, 7) is 4.22. The molecule has 1 aliphatic carbocycles. The summed E-state index contributed by atoms with van der Waals surface area (Å²) in [5.41, 5.74) is -0.0206. The summed E-state index contributed by atoms with van der Waals surface area (Å²) in [4.78, 5) is 12.8. The zero-order chi connectivity index (χ0) is 12.1. The average Bonchev–Trinajstić information content (AvgIpc) is 2.67. The monoisotopic (exact) mass is 237 g/mol. The van der Waals surface area contributed by atoms with Crippen LogP contribution in [-0.4, -0.2) is 18.9 Å². The Balaban J connectivity index is 2.04. The first kappa shape index (κ1) is 13.1. The summed E-state index contributed by atoms with van der Waals surface area (Å²) in [5.74, 6) is 0.964. The average molecular weight is 237 g/mol. The van der Waals surface area contributed by atoms with Gasteiger partial charge in [-0.2, -0.15) is 0 Å². The van der Waals surface area contributed by atoms with Gasteiger partial charge in [-0.15, -0.1) is 0 Å². The van der Waals surface area contributed by atoms with Gasteiger partial charge in [0, 0.05) is 17.9 Å². The van der Waals surface area contributed by atoms with Crippen LogP contribution in [0, 0.1) is 11.3 Å². The maximum absolute atomic E-state index is 12.8. The summed E-state index contributed by atoms with van der Waals surface area (Å²) in [7, 11) is 0. The van der Waals surface area contributed by atoms with Crippen LogP contribution in [0.2, 0.25) is 0 Å². The smallest absolute Gasteiger partial charge is 0.143 e. The molecule has 2 heteroatoms. The zero-order valence-corrected chi connectivity index (χ0v) is 11.3. The van der Waals surface area contributed by atoms with Gasteiger partial charge < -0.3 is 5.32 Å². The Morgan fingerprint density at radius 3 is 2.41 bits per heavy atom. The molecule has 2 fully saturated rings. The van der Waals surface area contributed by atoms with Gasteiger partial charge in [0.15, 0.2) is 0 Å². The van der Waals surface area contributed by atoms with Crippen LogP contribution in [0.15, 0.2) is 0 Å². The second-order valence-corrected chi connectivity index (χ2v) is 5.97. The van der Waals surface area contributed by atoms with Gasteiger partial charge in [0.2, 0.25) is 0 Å². The van der Waals surface area contributed by atoms with E-state index in [1.165, 1.54) is 32.1 Å². The zero-order valence-electron chi connectivity index (χ0n) is 11.3. The number of hydrogen-bond acceptors (Lipinski definition) is 2. The molecule has 17 heavy (non-hydrogen) atoms. The first-order valence-corrected chi connectivity index (χ1v) is 7.53. The van der Waals surface area contributed by atoms with Crippen LogP contribution in [-0.2, 0) is 4.79 Å². The summed E-state index contributed by atoms with van der Waals surface area (Å²) in [5, 5.41) is 3.44. The molecule has 0 aromatic rings. The molecule has 0 aromatic carbocycles. The third-order valence-corrected chi connectivity index (χ3v) is 4.90. The number of carbonyl (C=O) groups is 1. The highest BCUT2D eigenvalue weighted by molar-refractivity contribution is 5.87. The van der Waals surface area contributed by atoms with Gasteiger partial charge >= 0.3 is 0 Å². The van der Waals surface area contributed by atoms with E-state index < -0.39 is 0 Å². The minimum Gasteiger partial charge on any atom is -0.316 e. The van der Waals surface area contributed by atoms with Crippen molar-refractivity contribution < 1.29 is 4.79 Å². The molecule has 1 aliphatic heterocycles. The van der Waals surface area contributed by atoms with Gasteiger partial charge in [-0.05, 0) is 38.6 Å². The second-order valence-electron chi connectivity index (χ2n) is 5.97. The highest BCUT2D eigenvalue weighted by Gasteiger charge is 2.40. The Morgan fingerprint density at radius 2 is 1.88 bits per heavy atom. The summed E-state index contributed by atoms with van der Waals surface area (Å²) >= 11 is 0. The SMILES string of the molecule is CCC1(C(=O)C2CCCCCC2)CCCNC1. The molecule has 98 valence electrons. The van der Waals surface area contributed by atoms with Crippen LogP contribution in [0.25, 0.3) is 0 Å². The van der Waals surface area contributed by atoms with Crippen molar-refractivity contribution in [1.82, 2.24) is 5.32 Å². The Bertz CT molecular complexity index is 248. The maximum atomic E-state index is 12.8. The lowest BCUT2D eigenvalue weighted by Crippen LogP contribution is -2.47. The van der Waals surface area contributed by atoms with E-state index >= 15 is 0 Å². The van der Waals surface area contributed by atoms with Gasteiger partial charge in [0.25, 0.3) is 0 Å². The number of nitrogens with one attached hydrogen (secondary N) is 1. The normalized spacial score (nSPS) is 32.1. The molecule has 1 atom stereocenters. The van der Waals surface area contributed by atoms with Gasteiger partial charge in [0.05, 0.1) is 0 Å². The highest BCUT2D eigenvalue weighted by Crippen LogP contribution is 2.37. The minimum absolute atomic E-state index is 0.0206. The maximum Gasteiger partial charge on any atom is 0.143 e. The first-order chi connectivity index (χ1) is 8.28.